The summed E-state index contributed by atoms with van der Waals surface area (Å²) >= 11 is 3.53. The molecule has 1 heterocycles. The number of nitrogens with one attached hydrogen (secondary N) is 1. The summed E-state index contributed by atoms with van der Waals surface area (Å²) in [6.07, 6.45) is 1.91. The number of methoxy groups -OCH3 is 1. The van der Waals surface area contributed by atoms with Crippen molar-refractivity contribution in [2.24, 2.45) is 5.10 Å². The lowest BCUT2D eigenvalue weighted by atomic mass is 10.0. The molecule has 1 aliphatic carbocycles. The first-order valence-electron chi connectivity index (χ1n) is 10.4. The Labute approximate surface area is 185 Å². The third kappa shape index (κ3) is 3.53. The van der Waals surface area contributed by atoms with Crippen LogP contribution in [0.1, 0.15) is 22.7 Å². The topological polar surface area (TPSA) is 29.3 Å². The molecule has 2 aliphatic rings. The van der Waals surface area contributed by atoms with Crippen LogP contribution in [0.3, 0.4) is 0 Å². The largest absolute Gasteiger partial charge is 0.496 e. The average Bonchev–Trinajstić information content (AvgIpc) is 3.13. The van der Waals surface area contributed by atoms with Crippen molar-refractivity contribution in [1.82, 2.24) is 5.01 Å². The minimum absolute atomic E-state index is 0.425. The number of hydrogen-bond donors (Lipinski definition) is 1. The second-order valence-corrected chi connectivity index (χ2v) is 8.77. The third-order valence-electron chi connectivity index (χ3n) is 6.18. The first-order valence-corrected chi connectivity index (χ1v) is 11.2. The number of quaternary nitrogens is 1. The average molecular weight is 463 g/mol. The number of halogens is 1. The summed E-state index contributed by atoms with van der Waals surface area (Å²) in [6.45, 7) is 4.03. The molecule has 1 fully saturated rings. The molecule has 0 bridgehead atoms. The maximum absolute atomic E-state index is 5.46. The van der Waals surface area contributed by atoms with Gasteiger partial charge in [0.05, 0.1) is 39.5 Å². The highest BCUT2D eigenvalue weighted by atomic mass is 79.9. The fourth-order valence-electron chi connectivity index (χ4n) is 4.73. The summed E-state index contributed by atoms with van der Waals surface area (Å²) in [4.78, 5) is 1.62. The summed E-state index contributed by atoms with van der Waals surface area (Å²) < 4.78 is 6.48. The molecule has 1 saturated heterocycles. The lowest BCUT2D eigenvalue weighted by Gasteiger charge is -2.34. The normalized spacial score (nSPS) is 16.7. The van der Waals surface area contributed by atoms with Crippen LogP contribution >= 0.6 is 15.9 Å². The highest BCUT2D eigenvalue weighted by Crippen LogP contribution is 2.41. The number of hydrogen-bond acceptors (Lipinski definition) is 3. The van der Waals surface area contributed by atoms with Gasteiger partial charge in [0, 0.05) is 21.2 Å². The Bertz CT molecular complexity index is 1040. The van der Waals surface area contributed by atoms with Crippen LogP contribution in [-0.4, -0.2) is 44.5 Å². The van der Waals surface area contributed by atoms with Gasteiger partial charge in [0.1, 0.15) is 11.8 Å². The molecule has 5 rings (SSSR count). The molecule has 0 unspecified atom stereocenters. The molecule has 5 heteroatoms. The summed E-state index contributed by atoms with van der Waals surface area (Å²) in [5, 5.41) is 6.92. The number of hydrazone groups is 1. The van der Waals surface area contributed by atoms with Crippen LogP contribution in [0.4, 0.5) is 0 Å². The van der Waals surface area contributed by atoms with Crippen LogP contribution in [0, 0.1) is 0 Å². The molecule has 30 heavy (non-hydrogen) atoms. The molecular weight excluding hydrogens is 438 g/mol. The molecule has 0 atom stereocenters. The Morgan fingerprint density at radius 3 is 2.23 bits per heavy atom. The molecule has 3 aromatic rings. The van der Waals surface area contributed by atoms with Crippen molar-refractivity contribution >= 4 is 22.1 Å². The molecule has 0 radical (unpaired) electrons. The molecule has 0 amide bonds. The minimum atomic E-state index is 0.425. The molecule has 1 aliphatic heterocycles. The van der Waals surface area contributed by atoms with Crippen LogP contribution in [0.25, 0.3) is 11.1 Å². The number of ether oxygens (including phenoxy) is 1. The SMILES string of the molecule is COc1ccc(Br)cc1C=NN1CC[NH+](C2c3ccccc3-c3ccccc32)CC1. The Kier molecular flexibility index (Phi) is 5.32. The van der Waals surface area contributed by atoms with Gasteiger partial charge < -0.3 is 9.64 Å². The maximum Gasteiger partial charge on any atom is 0.140 e. The molecule has 0 aromatic heterocycles. The van der Waals surface area contributed by atoms with E-state index in [0.29, 0.717) is 6.04 Å². The number of piperazine rings is 1. The highest BCUT2D eigenvalue weighted by Gasteiger charge is 2.37. The van der Waals surface area contributed by atoms with Gasteiger partial charge >= 0.3 is 0 Å². The van der Waals surface area contributed by atoms with E-state index in [0.717, 1.165) is 42.0 Å². The van der Waals surface area contributed by atoms with Gasteiger partial charge in [-0.05, 0) is 29.3 Å². The lowest BCUT2D eigenvalue weighted by Crippen LogP contribution is -3.14. The summed E-state index contributed by atoms with van der Waals surface area (Å²) in [5.74, 6) is 0.838. The fraction of sp³-hybridized carbons (Fsp3) is 0.240. The van der Waals surface area contributed by atoms with Crippen molar-refractivity contribution in [3.63, 3.8) is 0 Å². The van der Waals surface area contributed by atoms with Crippen LogP contribution in [0.2, 0.25) is 0 Å². The lowest BCUT2D eigenvalue weighted by molar-refractivity contribution is -0.929. The first-order chi connectivity index (χ1) is 14.7. The van der Waals surface area contributed by atoms with Crippen LogP contribution in [0.15, 0.2) is 76.3 Å². The van der Waals surface area contributed by atoms with Gasteiger partial charge in [0.2, 0.25) is 0 Å². The van der Waals surface area contributed by atoms with E-state index in [4.69, 9.17) is 9.84 Å². The van der Waals surface area contributed by atoms with E-state index in [2.05, 4.69) is 69.5 Å². The van der Waals surface area contributed by atoms with Gasteiger partial charge in [0.15, 0.2) is 0 Å². The standard InChI is InChI=1S/C25H24BrN3O/c1-30-24-11-10-19(26)16-18(24)17-27-29-14-12-28(13-15-29)25-22-8-4-2-6-20(22)21-7-3-5-9-23(21)25/h2-11,16-17,25H,12-15H2,1H3/p+1. The summed E-state index contributed by atoms with van der Waals surface area (Å²) in [6, 6.07) is 24.2. The quantitative estimate of drug-likeness (QED) is 0.598. The van der Waals surface area contributed by atoms with Crippen molar-refractivity contribution in [3.05, 3.63) is 87.9 Å². The Balaban J connectivity index is 1.32. The molecule has 0 spiro atoms. The molecule has 4 nitrogen and oxygen atoms in total. The zero-order valence-corrected chi connectivity index (χ0v) is 18.6. The number of benzene rings is 3. The van der Waals surface area contributed by atoms with E-state index >= 15 is 0 Å². The van der Waals surface area contributed by atoms with Crippen molar-refractivity contribution < 1.29 is 9.64 Å². The van der Waals surface area contributed by atoms with Crippen molar-refractivity contribution in [2.75, 3.05) is 33.3 Å². The van der Waals surface area contributed by atoms with Gasteiger partial charge in [0.25, 0.3) is 0 Å². The van der Waals surface area contributed by atoms with Gasteiger partial charge in [-0.1, -0.05) is 64.5 Å². The molecule has 0 saturated carbocycles. The predicted octanol–water partition coefficient (Wildman–Crippen LogP) is 3.76. The van der Waals surface area contributed by atoms with Gasteiger partial charge in [-0.2, -0.15) is 5.10 Å². The van der Waals surface area contributed by atoms with E-state index in [-0.39, 0.29) is 0 Å². The van der Waals surface area contributed by atoms with Gasteiger partial charge in [-0.3, -0.25) is 5.01 Å². The third-order valence-corrected chi connectivity index (χ3v) is 6.67. The molecule has 152 valence electrons. The van der Waals surface area contributed by atoms with Gasteiger partial charge in [-0.15, -0.1) is 0 Å². The second-order valence-electron chi connectivity index (χ2n) is 7.85. The maximum atomic E-state index is 5.46. The van der Waals surface area contributed by atoms with Crippen molar-refractivity contribution in [1.29, 1.82) is 0 Å². The summed E-state index contributed by atoms with van der Waals surface area (Å²) in [5.41, 5.74) is 6.70. The van der Waals surface area contributed by atoms with E-state index in [9.17, 15) is 0 Å². The zero-order chi connectivity index (χ0) is 20.5. The van der Waals surface area contributed by atoms with E-state index in [1.165, 1.54) is 22.3 Å². The Hall–Kier alpha value is -2.63. The number of fused-ring (bicyclic) bond motifs is 3. The second kappa shape index (κ2) is 8.25. The predicted molar refractivity (Wildman–Crippen MR) is 124 cm³/mol. The van der Waals surface area contributed by atoms with E-state index in [1.54, 1.807) is 12.0 Å². The highest BCUT2D eigenvalue weighted by molar-refractivity contribution is 9.10. The molecular formula is C25H25BrN3O+. The number of rotatable bonds is 4. The zero-order valence-electron chi connectivity index (χ0n) is 17.0. The van der Waals surface area contributed by atoms with Crippen LogP contribution in [-0.2, 0) is 0 Å². The van der Waals surface area contributed by atoms with Crippen LogP contribution < -0.4 is 9.64 Å². The fourth-order valence-corrected chi connectivity index (χ4v) is 5.11. The molecule has 3 aromatic carbocycles. The Morgan fingerprint density at radius 1 is 0.967 bits per heavy atom. The van der Waals surface area contributed by atoms with Crippen LogP contribution in [0.5, 0.6) is 5.75 Å². The Morgan fingerprint density at radius 2 is 1.60 bits per heavy atom. The first kappa shape index (κ1) is 19.3. The number of nitrogens with zero attached hydrogens (tertiary/aromatic N) is 2. The van der Waals surface area contributed by atoms with Crippen molar-refractivity contribution in [3.8, 4) is 16.9 Å². The smallest absolute Gasteiger partial charge is 0.140 e. The van der Waals surface area contributed by atoms with E-state index in [1.807, 2.05) is 24.4 Å². The molecule has 1 N–H and O–H groups in total. The van der Waals surface area contributed by atoms with E-state index < -0.39 is 0 Å². The van der Waals surface area contributed by atoms with Gasteiger partial charge in [-0.25, -0.2) is 0 Å². The summed E-state index contributed by atoms with van der Waals surface area (Å²) in [7, 11) is 1.69. The van der Waals surface area contributed by atoms with Crippen molar-refractivity contribution in [2.45, 2.75) is 6.04 Å². The monoisotopic (exact) mass is 462 g/mol. The minimum Gasteiger partial charge on any atom is -0.496 e.